The molecule has 26 heavy (non-hydrogen) atoms. The molecule has 4 rings (SSSR count). The molecule has 2 N–H and O–H groups in total. The standard InChI is InChI=1S/C18H17N5O2S/c19-16(24)11-5-9-23(10-6-11)18(25)15-14(20-7-8-21-15)17-22-12-3-1-2-4-13(12)26-17/h1-4,7-8,11H,5-6,9-10H2,(H2,19,24). The van der Waals surface area contributed by atoms with Crippen LogP contribution in [0.2, 0.25) is 0 Å². The van der Waals surface area contributed by atoms with Crippen molar-refractivity contribution in [2.45, 2.75) is 12.8 Å². The van der Waals surface area contributed by atoms with Gasteiger partial charge in [0.25, 0.3) is 5.91 Å². The first kappa shape index (κ1) is 16.6. The summed E-state index contributed by atoms with van der Waals surface area (Å²) in [5, 5.41) is 0.676. The van der Waals surface area contributed by atoms with Crippen molar-refractivity contribution in [3.63, 3.8) is 0 Å². The van der Waals surface area contributed by atoms with Crippen LogP contribution >= 0.6 is 11.3 Å². The van der Waals surface area contributed by atoms with Crippen molar-refractivity contribution in [3.05, 3.63) is 42.4 Å². The summed E-state index contributed by atoms with van der Waals surface area (Å²) >= 11 is 1.49. The third-order valence-corrected chi connectivity index (χ3v) is 5.62. The Labute approximate surface area is 153 Å². The zero-order valence-electron chi connectivity index (χ0n) is 14.0. The van der Waals surface area contributed by atoms with Gasteiger partial charge >= 0.3 is 0 Å². The van der Waals surface area contributed by atoms with Gasteiger partial charge in [-0.1, -0.05) is 12.1 Å². The number of primary amides is 1. The number of fused-ring (bicyclic) bond motifs is 1. The number of hydrogen-bond acceptors (Lipinski definition) is 6. The molecular weight excluding hydrogens is 350 g/mol. The lowest BCUT2D eigenvalue weighted by Crippen LogP contribution is -2.42. The van der Waals surface area contributed by atoms with Gasteiger partial charge in [-0.25, -0.2) is 15.0 Å². The summed E-state index contributed by atoms with van der Waals surface area (Å²) in [4.78, 5) is 39.2. The summed E-state index contributed by atoms with van der Waals surface area (Å²) < 4.78 is 1.04. The molecule has 0 aliphatic carbocycles. The molecule has 3 aromatic rings. The fourth-order valence-electron chi connectivity index (χ4n) is 3.14. The lowest BCUT2D eigenvalue weighted by molar-refractivity contribution is -0.123. The lowest BCUT2D eigenvalue weighted by atomic mass is 9.96. The molecule has 7 nitrogen and oxygen atoms in total. The normalized spacial score (nSPS) is 15.3. The Morgan fingerprint density at radius 2 is 1.85 bits per heavy atom. The zero-order chi connectivity index (χ0) is 18.1. The van der Waals surface area contributed by atoms with Crippen LogP contribution in [0.4, 0.5) is 0 Å². The van der Waals surface area contributed by atoms with Gasteiger partial charge < -0.3 is 10.6 Å². The van der Waals surface area contributed by atoms with Crippen molar-refractivity contribution in [2.75, 3.05) is 13.1 Å². The topological polar surface area (TPSA) is 102 Å². The minimum atomic E-state index is -0.299. The summed E-state index contributed by atoms with van der Waals surface area (Å²) in [7, 11) is 0. The van der Waals surface area contributed by atoms with E-state index in [0.29, 0.717) is 42.3 Å². The Hall–Kier alpha value is -2.87. The second kappa shape index (κ2) is 6.80. The van der Waals surface area contributed by atoms with E-state index in [1.54, 1.807) is 11.1 Å². The highest BCUT2D eigenvalue weighted by Crippen LogP contribution is 2.31. The number of thiazole rings is 1. The second-order valence-corrected chi connectivity index (χ2v) is 7.24. The fourth-order valence-corrected chi connectivity index (χ4v) is 4.10. The first-order chi connectivity index (χ1) is 12.6. The number of likely N-dealkylation sites (tertiary alicyclic amines) is 1. The Morgan fingerprint density at radius 1 is 1.12 bits per heavy atom. The molecule has 0 radical (unpaired) electrons. The van der Waals surface area contributed by atoms with Crippen LogP contribution in [0.3, 0.4) is 0 Å². The minimum Gasteiger partial charge on any atom is -0.369 e. The van der Waals surface area contributed by atoms with Crippen LogP contribution in [0.15, 0.2) is 36.7 Å². The predicted molar refractivity (Wildman–Crippen MR) is 98.5 cm³/mol. The van der Waals surface area contributed by atoms with Crippen molar-refractivity contribution in [3.8, 4) is 10.7 Å². The van der Waals surface area contributed by atoms with Gasteiger partial charge in [0.05, 0.1) is 10.2 Å². The lowest BCUT2D eigenvalue weighted by Gasteiger charge is -2.30. The van der Waals surface area contributed by atoms with Crippen LogP contribution in [0.25, 0.3) is 20.9 Å². The van der Waals surface area contributed by atoms with Crippen molar-refractivity contribution < 1.29 is 9.59 Å². The van der Waals surface area contributed by atoms with Crippen molar-refractivity contribution in [1.82, 2.24) is 19.9 Å². The Balaban J connectivity index is 1.63. The second-order valence-electron chi connectivity index (χ2n) is 6.21. The Kier molecular flexibility index (Phi) is 4.34. The number of piperidine rings is 1. The van der Waals surface area contributed by atoms with Crippen LogP contribution in [-0.4, -0.2) is 44.8 Å². The maximum Gasteiger partial charge on any atom is 0.274 e. The smallest absolute Gasteiger partial charge is 0.274 e. The van der Waals surface area contributed by atoms with Crippen molar-refractivity contribution in [2.24, 2.45) is 11.7 Å². The van der Waals surface area contributed by atoms with E-state index in [1.165, 1.54) is 17.5 Å². The number of nitrogens with zero attached hydrogens (tertiary/aromatic N) is 4. The van der Waals surface area contributed by atoms with Gasteiger partial charge in [0.15, 0.2) is 5.69 Å². The number of carbonyl (C=O) groups excluding carboxylic acids is 2. The quantitative estimate of drug-likeness (QED) is 0.764. The molecule has 8 heteroatoms. The van der Waals surface area contributed by atoms with E-state index >= 15 is 0 Å². The summed E-state index contributed by atoms with van der Waals surface area (Å²) in [5.74, 6) is -0.647. The molecule has 1 aliphatic heterocycles. The van der Waals surface area contributed by atoms with Gasteiger partial charge in [-0.3, -0.25) is 9.59 Å². The molecule has 1 aliphatic rings. The van der Waals surface area contributed by atoms with Crippen LogP contribution < -0.4 is 5.73 Å². The van der Waals surface area contributed by atoms with E-state index in [0.717, 1.165) is 10.2 Å². The number of para-hydroxylation sites is 1. The molecule has 0 bridgehead atoms. The van der Waals surface area contributed by atoms with E-state index in [2.05, 4.69) is 15.0 Å². The van der Waals surface area contributed by atoms with Gasteiger partial charge in [-0.15, -0.1) is 11.3 Å². The molecule has 1 fully saturated rings. The average molecular weight is 367 g/mol. The van der Waals surface area contributed by atoms with E-state index in [4.69, 9.17) is 5.73 Å². The highest BCUT2D eigenvalue weighted by Gasteiger charge is 2.29. The summed E-state index contributed by atoms with van der Waals surface area (Å²) in [5.41, 5.74) is 7.03. The number of benzene rings is 1. The number of rotatable bonds is 3. The molecule has 2 aromatic heterocycles. The number of amides is 2. The average Bonchev–Trinajstić information content (AvgIpc) is 3.11. The van der Waals surface area contributed by atoms with Gasteiger partial charge in [0.2, 0.25) is 5.91 Å². The van der Waals surface area contributed by atoms with Gasteiger partial charge in [0.1, 0.15) is 10.7 Å². The molecule has 3 heterocycles. The zero-order valence-corrected chi connectivity index (χ0v) is 14.8. The molecule has 1 aromatic carbocycles. The largest absolute Gasteiger partial charge is 0.369 e. The number of hydrogen-bond donors (Lipinski definition) is 1. The first-order valence-corrected chi connectivity index (χ1v) is 9.20. The molecule has 0 saturated carbocycles. The Morgan fingerprint density at radius 3 is 2.58 bits per heavy atom. The number of aromatic nitrogens is 3. The monoisotopic (exact) mass is 367 g/mol. The molecule has 0 unspecified atom stereocenters. The van der Waals surface area contributed by atoms with Crippen molar-refractivity contribution in [1.29, 1.82) is 0 Å². The first-order valence-electron chi connectivity index (χ1n) is 8.39. The molecule has 132 valence electrons. The van der Waals surface area contributed by atoms with Gasteiger partial charge in [-0.2, -0.15) is 0 Å². The van der Waals surface area contributed by atoms with Crippen LogP contribution in [-0.2, 0) is 4.79 Å². The number of carbonyl (C=O) groups is 2. The van der Waals surface area contributed by atoms with Crippen molar-refractivity contribution >= 4 is 33.4 Å². The van der Waals surface area contributed by atoms with E-state index in [-0.39, 0.29) is 17.7 Å². The molecule has 2 amide bonds. The maximum atomic E-state index is 13.0. The van der Waals surface area contributed by atoms with E-state index < -0.39 is 0 Å². The highest BCUT2D eigenvalue weighted by molar-refractivity contribution is 7.21. The molecule has 0 atom stereocenters. The van der Waals surface area contributed by atoms with E-state index in [9.17, 15) is 9.59 Å². The third kappa shape index (κ3) is 3.03. The molecular formula is C18H17N5O2S. The summed E-state index contributed by atoms with van der Waals surface area (Å²) in [6.45, 7) is 0.977. The fraction of sp³-hybridized carbons (Fsp3) is 0.278. The summed E-state index contributed by atoms with van der Waals surface area (Å²) in [6, 6.07) is 7.80. The maximum absolute atomic E-state index is 13.0. The summed E-state index contributed by atoms with van der Waals surface area (Å²) in [6.07, 6.45) is 4.24. The third-order valence-electron chi connectivity index (χ3n) is 4.58. The SMILES string of the molecule is NC(=O)C1CCN(C(=O)c2nccnc2-c2nc3ccccc3s2)CC1. The van der Waals surface area contributed by atoms with E-state index in [1.807, 2.05) is 24.3 Å². The van der Waals surface area contributed by atoms with Gasteiger partial charge in [-0.05, 0) is 25.0 Å². The molecule has 0 spiro atoms. The van der Waals surface area contributed by atoms with Crippen LogP contribution in [0, 0.1) is 5.92 Å². The number of nitrogens with two attached hydrogens (primary N) is 1. The minimum absolute atomic E-state index is 0.162. The van der Waals surface area contributed by atoms with Crippen LogP contribution in [0.5, 0.6) is 0 Å². The van der Waals surface area contributed by atoms with Gasteiger partial charge in [0, 0.05) is 31.4 Å². The van der Waals surface area contributed by atoms with Crippen LogP contribution in [0.1, 0.15) is 23.3 Å². The predicted octanol–water partition coefficient (Wildman–Crippen LogP) is 2.09. The Bertz CT molecular complexity index is 945. The highest BCUT2D eigenvalue weighted by atomic mass is 32.1. The molecule has 1 saturated heterocycles.